The molecule has 2 rings (SSSR count). The van der Waals surface area contributed by atoms with Crippen LogP contribution in [0.15, 0.2) is 48.5 Å². The summed E-state index contributed by atoms with van der Waals surface area (Å²) in [4.78, 5) is 2.94. The Morgan fingerprint density at radius 3 is 1.94 bits per heavy atom. The third-order valence-electron chi connectivity index (χ3n) is 2.17. The van der Waals surface area contributed by atoms with Crippen molar-refractivity contribution < 1.29 is 13.8 Å². The number of hydrogen-bond acceptors (Lipinski definition) is 0. The Morgan fingerprint density at radius 2 is 1.35 bits per heavy atom. The molecule has 0 amide bonds. The second kappa shape index (κ2) is 5.21. The minimum atomic E-state index is -0.276. The van der Waals surface area contributed by atoms with E-state index in [2.05, 4.69) is 10.3 Å². The van der Waals surface area contributed by atoms with Crippen molar-refractivity contribution in [3.05, 3.63) is 60.2 Å². The first-order valence-electron chi connectivity index (χ1n) is 5.10. The molecule has 0 aromatic heterocycles. The van der Waals surface area contributed by atoms with E-state index < -0.39 is 0 Å². The fourth-order valence-electron chi connectivity index (χ4n) is 1.29. The molecule has 2 nitrogen and oxygen atoms in total. The number of halogens is 2. The Morgan fingerprint density at radius 1 is 0.824 bits per heavy atom. The van der Waals surface area contributed by atoms with E-state index in [1.807, 2.05) is 0 Å². The molecule has 2 N–H and O–H groups in total. The molecule has 0 aliphatic carbocycles. The van der Waals surface area contributed by atoms with Gasteiger partial charge >= 0.3 is 0 Å². The fourth-order valence-corrected chi connectivity index (χ4v) is 1.29. The number of anilines is 1. The summed E-state index contributed by atoms with van der Waals surface area (Å²) in [5.74, 6) is -0.552. The highest BCUT2D eigenvalue weighted by atomic mass is 19.1. The van der Waals surface area contributed by atoms with Crippen molar-refractivity contribution in [2.45, 2.75) is 0 Å². The van der Waals surface area contributed by atoms with Gasteiger partial charge in [-0.2, -0.15) is 0 Å². The highest BCUT2D eigenvalue weighted by Gasteiger charge is 1.95. The number of nitrogens with one attached hydrogen (secondary N) is 2. The Hall–Kier alpha value is -2.23. The summed E-state index contributed by atoms with van der Waals surface area (Å²) < 4.78 is 25.2. The molecule has 4 heteroatoms. The highest BCUT2D eigenvalue weighted by Crippen LogP contribution is 2.06. The molecule has 0 saturated carbocycles. The van der Waals surface area contributed by atoms with Crippen molar-refractivity contribution in [3.63, 3.8) is 0 Å². The number of benzene rings is 2. The van der Waals surface area contributed by atoms with Gasteiger partial charge in [0.15, 0.2) is 0 Å². The van der Waals surface area contributed by atoms with Crippen molar-refractivity contribution in [3.8, 4) is 0 Å². The summed E-state index contributed by atoms with van der Waals surface area (Å²) >= 11 is 0. The van der Waals surface area contributed by atoms with E-state index >= 15 is 0 Å². The van der Waals surface area contributed by atoms with Gasteiger partial charge in [0.25, 0.3) is 0 Å². The van der Waals surface area contributed by atoms with Crippen molar-refractivity contribution in [1.29, 1.82) is 0 Å². The average Bonchev–Trinajstić information content (AvgIpc) is 2.34. The van der Waals surface area contributed by atoms with E-state index in [0.717, 1.165) is 11.4 Å². The molecule has 0 aliphatic heterocycles. The zero-order chi connectivity index (χ0) is 12.1. The zero-order valence-corrected chi connectivity index (χ0v) is 8.95. The van der Waals surface area contributed by atoms with Gasteiger partial charge in [-0.1, -0.05) is 0 Å². The topological polar surface area (TPSA) is 26.0 Å². The van der Waals surface area contributed by atoms with Gasteiger partial charge in [0.1, 0.15) is 23.0 Å². The van der Waals surface area contributed by atoms with E-state index in [1.54, 1.807) is 30.6 Å². The molecule has 0 spiro atoms. The van der Waals surface area contributed by atoms with Crippen LogP contribution >= 0.6 is 0 Å². The largest absolute Gasteiger partial charge is 0.247 e. The van der Waals surface area contributed by atoms with Gasteiger partial charge in [0.2, 0.25) is 6.34 Å². The average molecular weight is 233 g/mol. The quantitative estimate of drug-likeness (QED) is 0.613. The molecule has 86 valence electrons. The molecule has 0 atom stereocenters. The third-order valence-corrected chi connectivity index (χ3v) is 2.17. The molecule has 17 heavy (non-hydrogen) atoms. The van der Waals surface area contributed by atoms with Gasteiger partial charge in [-0.05, 0) is 48.5 Å². The summed E-state index contributed by atoms with van der Waals surface area (Å²) in [5.41, 5.74) is 1.53. The van der Waals surface area contributed by atoms with Crippen LogP contribution in [-0.2, 0) is 0 Å². The summed E-state index contributed by atoms with van der Waals surface area (Å²) in [5, 5.41) is 2.94. The minimum Gasteiger partial charge on any atom is -0.247 e. The summed E-state index contributed by atoms with van der Waals surface area (Å²) in [6.45, 7) is 0. The Bertz CT molecular complexity index is 504. The molecule has 2 aromatic rings. The molecule has 0 heterocycles. The number of rotatable bonds is 3. The molecule has 0 saturated heterocycles. The summed E-state index contributed by atoms with van der Waals surface area (Å²) in [6.07, 6.45) is 1.60. The van der Waals surface area contributed by atoms with E-state index in [9.17, 15) is 8.78 Å². The highest BCUT2D eigenvalue weighted by molar-refractivity contribution is 5.71. The van der Waals surface area contributed by atoms with Crippen LogP contribution in [0.5, 0.6) is 0 Å². The lowest BCUT2D eigenvalue weighted by molar-refractivity contribution is -0.347. The first-order valence-corrected chi connectivity index (χ1v) is 5.10. The predicted molar refractivity (Wildman–Crippen MR) is 63.1 cm³/mol. The molecule has 2 aromatic carbocycles. The minimum absolute atomic E-state index is 0.276. The smallest absolute Gasteiger partial charge is 0.240 e. The van der Waals surface area contributed by atoms with Gasteiger partial charge in [-0.15, -0.1) is 0 Å². The first kappa shape index (κ1) is 11.3. The molecule has 0 unspecified atom stereocenters. The van der Waals surface area contributed by atoms with E-state index in [-0.39, 0.29) is 11.6 Å². The van der Waals surface area contributed by atoms with Crippen LogP contribution in [0.4, 0.5) is 20.2 Å². The van der Waals surface area contributed by atoms with Crippen molar-refractivity contribution in [1.82, 2.24) is 0 Å². The van der Waals surface area contributed by atoms with Crippen molar-refractivity contribution in [2.24, 2.45) is 0 Å². The summed E-state index contributed by atoms with van der Waals surface area (Å²) in [6, 6.07) is 12.0. The van der Waals surface area contributed by atoms with Crippen LogP contribution in [0.3, 0.4) is 0 Å². The maximum Gasteiger partial charge on any atom is 0.240 e. The standard InChI is InChI=1S/C13H10F2N2/c14-10-1-5-12(6-2-10)16-9-17-13-7-3-11(15)4-8-13/h1-9H,(H,16,17)/p+1. The van der Waals surface area contributed by atoms with Crippen LogP contribution < -0.4 is 10.3 Å². The van der Waals surface area contributed by atoms with Crippen LogP contribution in [0.25, 0.3) is 0 Å². The van der Waals surface area contributed by atoms with Gasteiger partial charge in [0.05, 0.1) is 0 Å². The number of hydrogen-bond donors (Lipinski definition) is 2. The maximum atomic E-state index is 12.6. The lowest BCUT2D eigenvalue weighted by atomic mass is 10.3. The van der Waals surface area contributed by atoms with Gasteiger partial charge in [-0.3, -0.25) is 0 Å². The van der Waals surface area contributed by atoms with Gasteiger partial charge in [0, 0.05) is 0 Å². The van der Waals surface area contributed by atoms with Gasteiger partial charge < -0.3 is 0 Å². The van der Waals surface area contributed by atoms with Crippen molar-refractivity contribution >= 4 is 17.7 Å². The lowest BCUT2D eigenvalue weighted by Crippen LogP contribution is -2.62. The van der Waals surface area contributed by atoms with Crippen LogP contribution in [-0.4, -0.2) is 6.34 Å². The Kier molecular flexibility index (Phi) is 3.45. The van der Waals surface area contributed by atoms with Crippen LogP contribution in [0, 0.1) is 11.6 Å². The molecular formula is C13H11F2N2+. The summed E-state index contributed by atoms with van der Waals surface area (Å²) in [7, 11) is 0. The lowest BCUT2D eigenvalue weighted by Gasteiger charge is -1.93. The molecule has 0 radical (unpaired) electrons. The molecule has 0 bridgehead atoms. The SMILES string of the molecule is Fc1ccc(NC=[NH+]c2ccc(F)cc2)cc1. The van der Waals surface area contributed by atoms with E-state index in [4.69, 9.17) is 0 Å². The normalized spacial score (nSPS) is 10.7. The van der Waals surface area contributed by atoms with E-state index in [0.29, 0.717) is 0 Å². The third kappa shape index (κ3) is 3.38. The molecular weight excluding hydrogens is 222 g/mol. The second-order valence-corrected chi connectivity index (χ2v) is 3.45. The zero-order valence-electron chi connectivity index (χ0n) is 8.95. The van der Waals surface area contributed by atoms with Crippen LogP contribution in [0.2, 0.25) is 0 Å². The second-order valence-electron chi connectivity index (χ2n) is 3.45. The van der Waals surface area contributed by atoms with E-state index in [1.165, 1.54) is 24.3 Å². The van der Waals surface area contributed by atoms with Crippen molar-refractivity contribution in [2.75, 3.05) is 5.32 Å². The Balaban J connectivity index is 1.97. The van der Waals surface area contributed by atoms with Gasteiger partial charge in [-0.25, -0.2) is 19.1 Å². The monoisotopic (exact) mass is 233 g/mol. The fraction of sp³-hybridized carbons (Fsp3) is 0. The Labute approximate surface area is 97.6 Å². The maximum absolute atomic E-state index is 12.6. The predicted octanol–water partition coefficient (Wildman–Crippen LogP) is 1.82. The van der Waals surface area contributed by atoms with Crippen LogP contribution in [0.1, 0.15) is 0 Å². The molecule has 0 fully saturated rings. The molecule has 0 aliphatic rings. The first-order chi connectivity index (χ1) is 8.24.